The molecule has 2 aliphatic carbocycles. The molecule has 0 unspecified atom stereocenters. The number of aromatic nitrogens is 3. The largest absolute Gasteiger partial charge is 0.331 e. The molecular formula is C22H24N6OS. The Kier molecular flexibility index (Phi) is 4.66. The Morgan fingerprint density at radius 1 is 1.13 bits per heavy atom. The Morgan fingerprint density at radius 2 is 1.90 bits per heavy atom. The van der Waals surface area contributed by atoms with Gasteiger partial charge in [0.2, 0.25) is 0 Å². The molecule has 2 saturated carbocycles. The van der Waals surface area contributed by atoms with Gasteiger partial charge in [-0.15, -0.1) is 0 Å². The van der Waals surface area contributed by atoms with Crippen LogP contribution in [0.5, 0.6) is 0 Å². The quantitative estimate of drug-likeness (QED) is 0.441. The average molecular weight is 421 g/mol. The van der Waals surface area contributed by atoms with Crippen molar-refractivity contribution in [1.29, 1.82) is 0 Å². The number of hydrogen-bond donors (Lipinski definition) is 3. The van der Waals surface area contributed by atoms with E-state index in [1.807, 2.05) is 49.0 Å². The van der Waals surface area contributed by atoms with Gasteiger partial charge in [-0.3, -0.25) is 20.3 Å². The molecule has 8 heteroatoms. The van der Waals surface area contributed by atoms with Crippen molar-refractivity contribution >= 4 is 40.0 Å². The molecule has 3 N–H and O–H groups in total. The molecule has 0 spiro atoms. The van der Waals surface area contributed by atoms with E-state index >= 15 is 0 Å². The number of anilines is 1. The molecule has 2 aliphatic rings. The van der Waals surface area contributed by atoms with Crippen molar-refractivity contribution < 1.29 is 4.79 Å². The molecule has 2 fully saturated rings. The SMILES string of the molecule is Cc1cccc(NC(=S)NNC(=O)c2cc(C3CC3)nc3c2c(C2CC2)nn3C)c1. The minimum atomic E-state index is -0.229. The van der Waals surface area contributed by atoms with E-state index in [1.54, 1.807) is 0 Å². The van der Waals surface area contributed by atoms with Crippen molar-refractivity contribution in [3.8, 4) is 0 Å². The van der Waals surface area contributed by atoms with Crippen LogP contribution in [0.2, 0.25) is 0 Å². The number of nitrogens with zero attached hydrogens (tertiary/aromatic N) is 3. The van der Waals surface area contributed by atoms with E-state index in [2.05, 4.69) is 16.2 Å². The summed E-state index contributed by atoms with van der Waals surface area (Å²) in [4.78, 5) is 18.0. The van der Waals surface area contributed by atoms with E-state index in [-0.39, 0.29) is 5.91 Å². The first-order chi connectivity index (χ1) is 14.5. The molecule has 0 bridgehead atoms. The first-order valence-corrected chi connectivity index (χ1v) is 10.7. The van der Waals surface area contributed by atoms with Crippen LogP contribution >= 0.6 is 12.2 Å². The maximum Gasteiger partial charge on any atom is 0.270 e. The third kappa shape index (κ3) is 3.75. The van der Waals surface area contributed by atoms with Crippen LogP contribution in [-0.2, 0) is 7.05 Å². The Balaban J connectivity index is 1.39. The van der Waals surface area contributed by atoms with E-state index in [0.29, 0.717) is 22.5 Å². The smallest absolute Gasteiger partial charge is 0.270 e. The fourth-order valence-corrected chi connectivity index (χ4v) is 3.94. The summed E-state index contributed by atoms with van der Waals surface area (Å²) in [5, 5.41) is 8.97. The van der Waals surface area contributed by atoms with E-state index in [1.165, 1.54) is 0 Å². The standard InChI is InChI=1S/C22H24N6OS/c1-12-4-3-5-15(10-12)23-22(30)26-25-21(29)16-11-17(13-6-7-13)24-20-18(16)19(14-8-9-14)27-28(20)2/h3-5,10-11,13-14H,6-9H2,1-2H3,(H,25,29)(H2,23,26,30). The van der Waals surface area contributed by atoms with Gasteiger partial charge in [0.05, 0.1) is 16.6 Å². The molecule has 7 nitrogen and oxygen atoms in total. The molecule has 1 amide bonds. The lowest BCUT2D eigenvalue weighted by atomic mass is 10.1. The maximum atomic E-state index is 13.1. The van der Waals surface area contributed by atoms with Gasteiger partial charge in [0, 0.05) is 30.3 Å². The van der Waals surface area contributed by atoms with Crippen molar-refractivity contribution in [2.75, 3.05) is 5.32 Å². The summed E-state index contributed by atoms with van der Waals surface area (Å²) >= 11 is 5.34. The van der Waals surface area contributed by atoms with E-state index in [0.717, 1.165) is 59.4 Å². The number of rotatable bonds is 4. The second-order valence-corrected chi connectivity index (χ2v) is 8.66. The second-order valence-electron chi connectivity index (χ2n) is 8.25. The van der Waals surface area contributed by atoms with Gasteiger partial charge in [0.25, 0.3) is 5.91 Å². The van der Waals surface area contributed by atoms with Crippen molar-refractivity contribution in [3.63, 3.8) is 0 Å². The van der Waals surface area contributed by atoms with Crippen molar-refractivity contribution in [3.05, 3.63) is 52.8 Å². The number of hydrogen-bond acceptors (Lipinski definition) is 4. The Hall–Kier alpha value is -3.00. The van der Waals surface area contributed by atoms with Gasteiger partial charge in [-0.2, -0.15) is 5.10 Å². The molecular weight excluding hydrogens is 396 g/mol. The molecule has 2 aromatic heterocycles. The van der Waals surface area contributed by atoms with Gasteiger partial charge in [0.15, 0.2) is 10.8 Å². The van der Waals surface area contributed by atoms with Gasteiger partial charge in [-0.05, 0) is 68.6 Å². The van der Waals surface area contributed by atoms with E-state index in [9.17, 15) is 4.79 Å². The molecule has 5 rings (SSSR count). The third-order valence-electron chi connectivity index (χ3n) is 5.61. The predicted molar refractivity (Wildman–Crippen MR) is 120 cm³/mol. The summed E-state index contributed by atoms with van der Waals surface area (Å²) in [5.41, 5.74) is 10.9. The monoisotopic (exact) mass is 420 g/mol. The highest BCUT2D eigenvalue weighted by Crippen LogP contribution is 2.45. The van der Waals surface area contributed by atoms with Gasteiger partial charge in [-0.25, -0.2) is 4.98 Å². The molecule has 1 aromatic carbocycles. The summed E-state index contributed by atoms with van der Waals surface area (Å²) in [6.07, 6.45) is 4.46. The van der Waals surface area contributed by atoms with Crippen LogP contribution < -0.4 is 16.2 Å². The van der Waals surface area contributed by atoms with Crippen molar-refractivity contribution in [2.24, 2.45) is 7.05 Å². The number of fused-ring (bicyclic) bond motifs is 1. The van der Waals surface area contributed by atoms with Gasteiger partial charge in [-0.1, -0.05) is 12.1 Å². The number of thiocarbonyl (C=S) groups is 1. The van der Waals surface area contributed by atoms with Crippen LogP contribution in [0.25, 0.3) is 11.0 Å². The van der Waals surface area contributed by atoms with Crippen LogP contribution in [-0.4, -0.2) is 25.8 Å². The first kappa shape index (κ1) is 19.0. The lowest BCUT2D eigenvalue weighted by molar-refractivity contribution is 0.0945. The topological polar surface area (TPSA) is 83.9 Å². The minimum Gasteiger partial charge on any atom is -0.331 e. The summed E-state index contributed by atoms with van der Waals surface area (Å²) in [5.74, 6) is 0.635. The fraction of sp³-hybridized carbons (Fsp3) is 0.364. The number of pyridine rings is 1. The number of carbonyl (C=O) groups excluding carboxylic acids is 1. The van der Waals surface area contributed by atoms with Crippen LogP contribution in [0, 0.1) is 6.92 Å². The normalized spacial score (nSPS) is 15.8. The van der Waals surface area contributed by atoms with E-state index in [4.69, 9.17) is 22.3 Å². The lowest BCUT2D eigenvalue weighted by Crippen LogP contribution is -2.43. The molecule has 0 saturated heterocycles. The summed E-state index contributed by atoms with van der Waals surface area (Å²) in [6, 6.07) is 9.81. The zero-order valence-electron chi connectivity index (χ0n) is 17.0. The number of amides is 1. The van der Waals surface area contributed by atoms with Crippen LogP contribution in [0.3, 0.4) is 0 Å². The predicted octanol–water partition coefficient (Wildman–Crippen LogP) is 3.66. The molecule has 0 radical (unpaired) electrons. The van der Waals surface area contributed by atoms with Crippen molar-refractivity contribution in [1.82, 2.24) is 25.6 Å². The highest BCUT2D eigenvalue weighted by atomic mass is 32.1. The molecule has 0 atom stereocenters. The Morgan fingerprint density at radius 3 is 2.60 bits per heavy atom. The van der Waals surface area contributed by atoms with Gasteiger partial charge >= 0.3 is 0 Å². The Labute approximate surface area is 180 Å². The summed E-state index contributed by atoms with van der Waals surface area (Å²) < 4.78 is 1.81. The lowest BCUT2D eigenvalue weighted by Gasteiger charge is -2.13. The highest BCUT2D eigenvalue weighted by molar-refractivity contribution is 7.80. The molecule has 154 valence electrons. The minimum absolute atomic E-state index is 0.229. The average Bonchev–Trinajstić information content (AvgIpc) is 3.63. The molecule has 3 aromatic rings. The van der Waals surface area contributed by atoms with Gasteiger partial charge < -0.3 is 5.32 Å². The molecule has 0 aliphatic heterocycles. The highest BCUT2D eigenvalue weighted by Gasteiger charge is 2.33. The summed E-state index contributed by atoms with van der Waals surface area (Å²) in [7, 11) is 1.90. The Bertz CT molecular complexity index is 1160. The zero-order chi connectivity index (χ0) is 20.8. The number of carbonyl (C=O) groups is 1. The van der Waals surface area contributed by atoms with Crippen LogP contribution in [0.1, 0.15) is 64.8 Å². The van der Waals surface area contributed by atoms with Crippen molar-refractivity contribution in [2.45, 2.75) is 44.4 Å². The molecule has 30 heavy (non-hydrogen) atoms. The first-order valence-electron chi connectivity index (χ1n) is 10.3. The molecule has 2 heterocycles. The zero-order valence-corrected chi connectivity index (χ0v) is 17.8. The second kappa shape index (κ2) is 7.36. The number of nitrogens with one attached hydrogen (secondary N) is 3. The van der Waals surface area contributed by atoms with Crippen LogP contribution in [0.15, 0.2) is 30.3 Å². The number of aryl methyl sites for hydroxylation is 2. The van der Waals surface area contributed by atoms with Crippen LogP contribution in [0.4, 0.5) is 5.69 Å². The maximum absolute atomic E-state index is 13.1. The fourth-order valence-electron chi connectivity index (χ4n) is 3.77. The third-order valence-corrected chi connectivity index (χ3v) is 5.81. The number of hydrazine groups is 1. The van der Waals surface area contributed by atoms with Gasteiger partial charge in [0.1, 0.15) is 0 Å². The summed E-state index contributed by atoms with van der Waals surface area (Å²) in [6.45, 7) is 2.01. The number of benzene rings is 1. The van der Waals surface area contributed by atoms with E-state index < -0.39 is 0 Å².